The molecule has 3 heterocycles. The van der Waals surface area contributed by atoms with Crippen LogP contribution in [0.1, 0.15) is 0 Å². The van der Waals surface area contributed by atoms with Gasteiger partial charge in [0.15, 0.2) is 17.2 Å². The number of furan rings is 1. The molecule has 0 N–H and O–H groups in total. The van der Waals surface area contributed by atoms with Crippen LogP contribution in [0.15, 0.2) is 186 Å². The van der Waals surface area contributed by atoms with Crippen LogP contribution in [-0.2, 0) is 0 Å². The van der Waals surface area contributed by atoms with Gasteiger partial charge in [-0.1, -0.05) is 127 Å². The third-order valence-corrected chi connectivity index (χ3v) is 9.59. The number of hydrogen-bond donors (Lipinski definition) is 0. The highest BCUT2D eigenvalue weighted by atomic mass is 16.3. The van der Waals surface area contributed by atoms with Crippen LogP contribution in [0.2, 0.25) is 0 Å². The molecule has 0 aliphatic heterocycles. The molecule has 7 aromatic carbocycles. The second-order valence-corrected chi connectivity index (χ2v) is 12.6. The van der Waals surface area contributed by atoms with Crippen molar-refractivity contribution in [1.29, 1.82) is 0 Å². The topological polar surface area (TPSA) is 47.1 Å². The molecule has 0 radical (unpaired) electrons. The highest BCUT2D eigenvalue weighted by molar-refractivity contribution is 6.14. The van der Waals surface area contributed by atoms with Crippen LogP contribution in [0.25, 0.3) is 72.2 Å². The predicted octanol–water partition coefficient (Wildman–Crippen LogP) is 12.3. The molecule has 0 spiro atoms. The molecule has 0 aliphatic rings. The van der Waals surface area contributed by atoms with Crippen molar-refractivity contribution in [1.82, 2.24) is 14.5 Å². The monoisotopic (exact) mass is 654 g/mol. The maximum Gasteiger partial charge on any atom is 0.197 e. The van der Waals surface area contributed by atoms with Gasteiger partial charge < -0.3 is 9.32 Å². The van der Waals surface area contributed by atoms with Crippen molar-refractivity contribution in [2.75, 3.05) is 4.90 Å². The zero-order valence-corrected chi connectivity index (χ0v) is 27.5. The van der Waals surface area contributed by atoms with E-state index in [1.165, 1.54) is 0 Å². The van der Waals surface area contributed by atoms with E-state index < -0.39 is 0 Å². The quantitative estimate of drug-likeness (QED) is 0.179. The minimum Gasteiger partial charge on any atom is -0.450 e. The molecular formula is C46H30N4O. The van der Waals surface area contributed by atoms with Crippen LogP contribution in [0.4, 0.5) is 17.1 Å². The Bertz CT molecular complexity index is 2800. The minimum atomic E-state index is 0.646. The lowest BCUT2D eigenvalue weighted by Crippen LogP contribution is -2.09. The highest BCUT2D eigenvalue weighted by Gasteiger charge is 2.24. The molecule has 0 saturated carbocycles. The van der Waals surface area contributed by atoms with Crippen LogP contribution >= 0.6 is 0 Å². The Balaban J connectivity index is 1.27. The fourth-order valence-electron chi connectivity index (χ4n) is 7.29. The second kappa shape index (κ2) is 11.9. The zero-order chi connectivity index (χ0) is 33.7. The smallest absolute Gasteiger partial charge is 0.197 e. The summed E-state index contributed by atoms with van der Waals surface area (Å²) in [5, 5.41) is 3.20. The van der Waals surface area contributed by atoms with E-state index in [1.54, 1.807) is 0 Å². The third kappa shape index (κ3) is 4.78. The van der Waals surface area contributed by atoms with E-state index in [0.717, 1.165) is 72.0 Å². The van der Waals surface area contributed by atoms with E-state index in [-0.39, 0.29) is 0 Å². The number of fused-ring (bicyclic) bond motifs is 6. The van der Waals surface area contributed by atoms with Gasteiger partial charge in [-0.15, -0.1) is 0 Å². The largest absolute Gasteiger partial charge is 0.450 e. The fourth-order valence-corrected chi connectivity index (χ4v) is 7.29. The average Bonchev–Trinajstić information content (AvgIpc) is 3.75. The Kier molecular flexibility index (Phi) is 6.74. The molecule has 240 valence electrons. The molecule has 0 atom stereocenters. The molecule has 3 aromatic heterocycles. The molecule has 10 aromatic rings. The Morgan fingerprint density at radius 2 is 1.02 bits per heavy atom. The van der Waals surface area contributed by atoms with Gasteiger partial charge in [-0.3, -0.25) is 4.57 Å². The number of para-hydroxylation sites is 4. The van der Waals surface area contributed by atoms with Crippen molar-refractivity contribution in [3.63, 3.8) is 0 Å². The summed E-state index contributed by atoms with van der Waals surface area (Å²) in [5.41, 5.74) is 10.6. The van der Waals surface area contributed by atoms with Crippen molar-refractivity contribution >= 4 is 60.9 Å². The van der Waals surface area contributed by atoms with Gasteiger partial charge in [-0.05, 0) is 60.2 Å². The third-order valence-electron chi connectivity index (χ3n) is 9.59. The van der Waals surface area contributed by atoms with Gasteiger partial charge in [0.05, 0.1) is 11.0 Å². The Hall–Kier alpha value is -6.98. The molecule has 5 heteroatoms. The summed E-state index contributed by atoms with van der Waals surface area (Å²) in [7, 11) is 0. The summed E-state index contributed by atoms with van der Waals surface area (Å²) in [6.45, 7) is 0. The molecule has 51 heavy (non-hydrogen) atoms. The van der Waals surface area contributed by atoms with E-state index in [2.05, 4.69) is 167 Å². The van der Waals surface area contributed by atoms with E-state index in [1.807, 2.05) is 24.3 Å². The standard InChI is InChI=1S/C46H30N4O/c1-5-16-31(17-6-1)36-25-15-26-38-42-44(51-43(36)38)46(48-45(47-42)32-18-7-2-8-19-32)50-40-27-14-13-24-37(40)39-30-35(28-29-41(39)50)49(33-20-9-3-10-21-33)34-22-11-4-12-23-34/h1-30H. The van der Waals surface area contributed by atoms with Gasteiger partial charge in [-0.2, -0.15) is 0 Å². The van der Waals surface area contributed by atoms with Crippen LogP contribution in [0, 0.1) is 0 Å². The Labute approximate surface area is 294 Å². The summed E-state index contributed by atoms with van der Waals surface area (Å²) in [4.78, 5) is 12.8. The van der Waals surface area contributed by atoms with Crippen molar-refractivity contribution in [2.24, 2.45) is 0 Å². The SMILES string of the molecule is c1ccc(-c2nc(-n3c4ccccc4c4cc(N(c5ccccc5)c5ccccc5)ccc43)c3oc4c(-c5ccccc5)cccc4c3n2)cc1. The van der Waals surface area contributed by atoms with Crippen LogP contribution in [-0.4, -0.2) is 14.5 Å². The Morgan fingerprint density at radius 3 is 1.73 bits per heavy atom. The molecule has 0 aliphatic carbocycles. The normalized spacial score (nSPS) is 11.5. The van der Waals surface area contributed by atoms with Gasteiger partial charge in [0.25, 0.3) is 0 Å². The molecule has 5 nitrogen and oxygen atoms in total. The van der Waals surface area contributed by atoms with Gasteiger partial charge in [0, 0.05) is 44.3 Å². The number of rotatable bonds is 6. The molecular weight excluding hydrogens is 625 g/mol. The summed E-state index contributed by atoms with van der Waals surface area (Å²) in [6, 6.07) is 63.1. The second-order valence-electron chi connectivity index (χ2n) is 12.6. The molecule has 0 fully saturated rings. The van der Waals surface area contributed by atoms with E-state index in [4.69, 9.17) is 14.4 Å². The molecule has 0 bridgehead atoms. The molecule has 0 unspecified atom stereocenters. The van der Waals surface area contributed by atoms with E-state index in [0.29, 0.717) is 17.2 Å². The summed E-state index contributed by atoms with van der Waals surface area (Å²) in [5.74, 6) is 1.35. The summed E-state index contributed by atoms with van der Waals surface area (Å²) >= 11 is 0. The number of benzene rings is 7. The van der Waals surface area contributed by atoms with Gasteiger partial charge >= 0.3 is 0 Å². The predicted molar refractivity (Wildman–Crippen MR) is 209 cm³/mol. The first kappa shape index (κ1) is 29.0. The average molecular weight is 655 g/mol. The fraction of sp³-hybridized carbons (Fsp3) is 0. The first-order chi connectivity index (χ1) is 25.3. The number of hydrogen-bond acceptors (Lipinski definition) is 4. The zero-order valence-electron chi connectivity index (χ0n) is 27.5. The number of aromatic nitrogens is 3. The highest BCUT2D eigenvalue weighted by Crippen LogP contribution is 2.42. The maximum atomic E-state index is 6.91. The van der Waals surface area contributed by atoms with Crippen molar-refractivity contribution < 1.29 is 4.42 Å². The molecule has 10 rings (SSSR count). The maximum absolute atomic E-state index is 6.91. The lowest BCUT2D eigenvalue weighted by molar-refractivity contribution is 0.663. The molecule has 0 amide bonds. The number of nitrogens with zero attached hydrogens (tertiary/aromatic N) is 4. The lowest BCUT2D eigenvalue weighted by Gasteiger charge is -2.25. The summed E-state index contributed by atoms with van der Waals surface area (Å²) < 4.78 is 9.15. The molecule has 0 saturated heterocycles. The van der Waals surface area contributed by atoms with Gasteiger partial charge in [0.2, 0.25) is 0 Å². The van der Waals surface area contributed by atoms with Gasteiger partial charge in [-0.25, -0.2) is 9.97 Å². The van der Waals surface area contributed by atoms with E-state index in [9.17, 15) is 0 Å². The van der Waals surface area contributed by atoms with Crippen molar-refractivity contribution in [3.8, 4) is 28.3 Å². The number of anilines is 3. The van der Waals surface area contributed by atoms with Crippen molar-refractivity contribution in [3.05, 3.63) is 182 Å². The van der Waals surface area contributed by atoms with Crippen LogP contribution in [0.5, 0.6) is 0 Å². The minimum absolute atomic E-state index is 0.646. The lowest BCUT2D eigenvalue weighted by atomic mass is 10.0. The summed E-state index contributed by atoms with van der Waals surface area (Å²) in [6.07, 6.45) is 0. The Morgan fingerprint density at radius 1 is 0.431 bits per heavy atom. The van der Waals surface area contributed by atoms with Crippen molar-refractivity contribution in [2.45, 2.75) is 0 Å². The van der Waals surface area contributed by atoms with Crippen LogP contribution in [0.3, 0.4) is 0 Å². The van der Waals surface area contributed by atoms with Crippen LogP contribution < -0.4 is 4.90 Å². The first-order valence-electron chi connectivity index (χ1n) is 17.1. The first-order valence-corrected chi connectivity index (χ1v) is 17.1. The van der Waals surface area contributed by atoms with Gasteiger partial charge in [0.1, 0.15) is 11.1 Å². The van der Waals surface area contributed by atoms with E-state index >= 15 is 0 Å².